The van der Waals surface area contributed by atoms with E-state index in [-0.39, 0.29) is 11.7 Å². The third-order valence-electron chi connectivity index (χ3n) is 3.66. The average molecular weight is 439 g/mol. The minimum Gasteiger partial charge on any atom is -0.497 e. The highest BCUT2D eigenvalue weighted by atomic mass is 35.5. The number of carbonyl (C=O) groups is 1. The SMILES string of the molecule is COc1ccc(OC)c(NC(=O)CSc2n[nH]c(-c3ccc(Cl)cc3Cl)n2)c1. The average Bonchev–Trinajstić information content (AvgIpc) is 3.15. The summed E-state index contributed by atoms with van der Waals surface area (Å²) >= 11 is 13.3. The summed E-state index contributed by atoms with van der Waals surface area (Å²) in [4.78, 5) is 16.6. The zero-order valence-electron chi connectivity index (χ0n) is 15.0. The molecule has 0 atom stereocenters. The van der Waals surface area contributed by atoms with Gasteiger partial charge >= 0.3 is 0 Å². The maximum absolute atomic E-state index is 12.3. The molecule has 10 heteroatoms. The molecule has 1 aromatic heterocycles. The minimum atomic E-state index is -0.229. The van der Waals surface area contributed by atoms with Crippen molar-refractivity contribution in [2.24, 2.45) is 0 Å². The molecule has 0 unspecified atom stereocenters. The number of benzene rings is 2. The van der Waals surface area contributed by atoms with E-state index in [1.165, 1.54) is 18.9 Å². The lowest BCUT2D eigenvalue weighted by Gasteiger charge is -2.11. The molecule has 0 aliphatic heterocycles. The van der Waals surface area contributed by atoms with Gasteiger partial charge in [0, 0.05) is 16.7 Å². The Labute approximate surface area is 175 Å². The van der Waals surface area contributed by atoms with Gasteiger partial charge in [-0.1, -0.05) is 35.0 Å². The van der Waals surface area contributed by atoms with Gasteiger partial charge in [0.2, 0.25) is 11.1 Å². The van der Waals surface area contributed by atoms with Gasteiger partial charge in [-0.25, -0.2) is 4.98 Å². The van der Waals surface area contributed by atoms with Crippen LogP contribution in [-0.4, -0.2) is 41.1 Å². The topological polar surface area (TPSA) is 89.1 Å². The second-order valence-electron chi connectivity index (χ2n) is 5.49. The van der Waals surface area contributed by atoms with Crippen LogP contribution >= 0.6 is 35.0 Å². The molecule has 146 valence electrons. The van der Waals surface area contributed by atoms with E-state index in [0.29, 0.717) is 43.8 Å². The number of ether oxygens (including phenoxy) is 2. The molecule has 0 spiro atoms. The number of hydrogen-bond donors (Lipinski definition) is 2. The van der Waals surface area contributed by atoms with Gasteiger partial charge in [0.15, 0.2) is 5.82 Å². The summed E-state index contributed by atoms with van der Waals surface area (Å²) in [6, 6.07) is 10.3. The summed E-state index contributed by atoms with van der Waals surface area (Å²) in [7, 11) is 3.08. The molecule has 0 saturated heterocycles. The van der Waals surface area contributed by atoms with Crippen LogP contribution < -0.4 is 14.8 Å². The third-order valence-corrected chi connectivity index (χ3v) is 5.06. The van der Waals surface area contributed by atoms with E-state index in [9.17, 15) is 4.79 Å². The molecule has 7 nitrogen and oxygen atoms in total. The zero-order chi connectivity index (χ0) is 20.1. The summed E-state index contributed by atoms with van der Waals surface area (Å²) in [6.07, 6.45) is 0. The van der Waals surface area contributed by atoms with Gasteiger partial charge in [-0.15, -0.1) is 5.10 Å². The van der Waals surface area contributed by atoms with Gasteiger partial charge in [-0.3, -0.25) is 9.89 Å². The molecular weight excluding hydrogens is 423 g/mol. The van der Waals surface area contributed by atoms with Crippen LogP contribution in [0.5, 0.6) is 11.5 Å². The van der Waals surface area contributed by atoms with E-state index in [1.807, 2.05) is 0 Å². The molecule has 1 heterocycles. The Balaban J connectivity index is 1.63. The van der Waals surface area contributed by atoms with Crippen molar-refractivity contribution in [2.75, 3.05) is 25.3 Å². The van der Waals surface area contributed by atoms with Gasteiger partial charge in [0.05, 0.1) is 30.7 Å². The Morgan fingerprint density at radius 3 is 2.71 bits per heavy atom. The van der Waals surface area contributed by atoms with Crippen LogP contribution in [0, 0.1) is 0 Å². The molecule has 1 amide bonds. The fourth-order valence-electron chi connectivity index (χ4n) is 2.34. The minimum absolute atomic E-state index is 0.117. The van der Waals surface area contributed by atoms with E-state index < -0.39 is 0 Å². The largest absolute Gasteiger partial charge is 0.497 e. The summed E-state index contributed by atoms with van der Waals surface area (Å²) in [5.41, 5.74) is 1.20. The quantitative estimate of drug-likeness (QED) is 0.526. The number of anilines is 1. The monoisotopic (exact) mass is 438 g/mol. The van der Waals surface area contributed by atoms with E-state index in [2.05, 4.69) is 20.5 Å². The van der Waals surface area contributed by atoms with Crippen molar-refractivity contribution in [3.05, 3.63) is 46.4 Å². The van der Waals surface area contributed by atoms with E-state index >= 15 is 0 Å². The lowest BCUT2D eigenvalue weighted by Crippen LogP contribution is -2.15. The molecule has 0 radical (unpaired) electrons. The van der Waals surface area contributed by atoms with Crippen LogP contribution in [0.4, 0.5) is 5.69 Å². The second-order valence-corrected chi connectivity index (χ2v) is 7.28. The fourth-order valence-corrected chi connectivity index (χ4v) is 3.44. The maximum Gasteiger partial charge on any atom is 0.234 e. The van der Waals surface area contributed by atoms with Gasteiger partial charge in [0.25, 0.3) is 0 Å². The van der Waals surface area contributed by atoms with Gasteiger partial charge in [-0.2, -0.15) is 0 Å². The highest BCUT2D eigenvalue weighted by Gasteiger charge is 2.13. The highest BCUT2D eigenvalue weighted by Crippen LogP contribution is 2.30. The number of aromatic amines is 1. The Kier molecular flexibility index (Phi) is 6.66. The van der Waals surface area contributed by atoms with Crippen LogP contribution in [0.3, 0.4) is 0 Å². The molecule has 3 rings (SSSR count). The van der Waals surface area contributed by atoms with E-state index in [1.54, 1.807) is 43.5 Å². The van der Waals surface area contributed by atoms with Crippen LogP contribution in [0.1, 0.15) is 0 Å². The van der Waals surface area contributed by atoms with Crippen molar-refractivity contribution in [2.45, 2.75) is 5.16 Å². The molecule has 2 aromatic carbocycles. The fraction of sp³-hybridized carbons (Fsp3) is 0.167. The van der Waals surface area contributed by atoms with E-state index in [0.717, 1.165) is 0 Å². The van der Waals surface area contributed by atoms with E-state index in [4.69, 9.17) is 32.7 Å². The first-order valence-corrected chi connectivity index (χ1v) is 9.77. The van der Waals surface area contributed by atoms with Crippen LogP contribution in [0.15, 0.2) is 41.6 Å². The number of nitrogens with one attached hydrogen (secondary N) is 2. The normalized spacial score (nSPS) is 10.6. The van der Waals surface area contributed by atoms with Crippen LogP contribution in [-0.2, 0) is 4.79 Å². The molecular formula is C18H16Cl2N4O3S. The molecule has 0 bridgehead atoms. The van der Waals surface area contributed by atoms with Crippen molar-refractivity contribution >= 4 is 46.6 Å². The number of thioether (sulfide) groups is 1. The smallest absolute Gasteiger partial charge is 0.234 e. The predicted octanol–water partition coefficient (Wildman–Crippen LogP) is 4.53. The number of halogens is 2. The molecule has 3 aromatic rings. The second kappa shape index (κ2) is 9.18. The number of rotatable bonds is 7. The highest BCUT2D eigenvalue weighted by molar-refractivity contribution is 7.99. The number of methoxy groups -OCH3 is 2. The predicted molar refractivity (Wildman–Crippen MR) is 111 cm³/mol. The van der Waals surface area contributed by atoms with Crippen LogP contribution in [0.2, 0.25) is 10.0 Å². The first-order chi connectivity index (χ1) is 13.5. The molecule has 0 fully saturated rings. The number of amides is 1. The summed E-state index contributed by atoms with van der Waals surface area (Å²) < 4.78 is 10.4. The molecule has 0 saturated carbocycles. The van der Waals surface area contributed by atoms with Crippen LogP contribution in [0.25, 0.3) is 11.4 Å². The number of carbonyl (C=O) groups excluding carboxylic acids is 1. The summed E-state index contributed by atoms with van der Waals surface area (Å²) in [6.45, 7) is 0. The first-order valence-electron chi connectivity index (χ1n) is 8.02. The molecule has 0 aliphatic carbocycles. The maximum atomic E-state index is 12.3. The lowest BCUT2D eigenvalue weighted by molar-refractivity contribution is -0.113. The van der Waals surface area contributed by atoms with Crippen molar-refractivity contribution in [3.63, 3.8) is 0 Å². The molecule has 2 N–H and O–H groups in total. The standard InChI is InChI=1S/C18H16Cl2N4O3S/c1-26-11-4-6-15(27-2)14(8-11)21-16(25)9-28-18-22-17(23-24-18)12-5-3-10(19)7-13(12)20/h3-8H,9H2,1-2H3,(H,21,25)(H,22,23,24). The van der Waals surface area contributed by atoms with Crippen molar-refractivity contribution < 1.29 is 14.3 Å². The first kappa shape index (κ1) is 20.3. The van der Waals surface area contributed by atoms with Gasteiger partial charge in [-0.05, 0) is 30.3 Å². The van der Waals surface area contributed by atoms with Crippen molar-refractivity contribution in [3.8, 4) is 22.9 Å². The number of aromatic nitrogens is 3. The van der Waals surface area contributed by atoms with Crippen molar-refractivity contribution in [1.82, 2.24) is 15.2 Å². The number of H-pyrrole nitrogens is 1. The number of nitrogens with zero attached hydrogens (tertiary/aromatic N) is 2. The van der Waals surface area contributed by atoms with Gasteiger partial charge < -0.3 is 14.8 Å². The zero-order valence-corrected chi connectivity index (χ0v) is 17.3. The molecule has 28 heavy (non-hydrogen) atoms. The lowest BCUT2D eigenvalue weighted by atomic mass is 10.2. The van der Waals surface area contributed by atoms with Crippen molar-refractivity contribution in [1.29, 1.82) is 0 Å². The third kappa shape index (κ3) is 4.89. The Hall–Kier alpha value is -2.42. The number of hydrogen-bond acceptors (Lipinski definition) is 6. The molecule has 0 aliphatic rings. The Morgan fingerprint density at radius 2 is 2.00 bits per heavy atom. The van der Waals surface area contributed by atoms with Gasteiger partial charge in [0.1, 0.15) is 11.5 Å². The Bertz CT molecular complexity index is 997. The summed E-state index contributed by atoms with van der Waals surface area (Å²) in [5, 5.41) is 11.1. The summed E-state index contributed by atoms with van der Waals surface area (Å²) in [5.74, 6) is 1.54. The Morgan fingerprint density at radius 1 is 1.18 bits per heavy atom.